The Morgan fingerprint density at radius 1 is 1.70 bits per heavy atom. The third-order valence-electron chi connectivity index (χ3n) is 3.42. The summed E-state index contributed by atoms with van der Waals surface area (Å²) in [5.41, 5.74) is 0.476. The Kier molecular flexibility index (Phi) is 2.04. The van der Waals surface area contributed by atoms with Crippen LogP contribution < -0.4 is 0 Å². The van der Waals surface area contributed by atoms with Crippen molar-refractivity contribution >= 4 is 0 Å². The van der Waals surface area contributed by atoms with E-state index in [9.17, 15) is 0 Å². The Hall–Kier alpha value is -0.0400. The topological polar surface area (TPSA) is 20.2 Å². The lowest BCUT2D eigenvalue weighted by atomic mass is 9.88. The van der Waals surface area contributed by atoms with Crippen LogP contribution >= 0.6 is 0 Å². The number of aliphatic hydroxyl groups is 1. The van der Waals surface area contributed by atoms with Gasteiger partial charge in [-0.3, -0.25) is 0 Å². The van der Waals surface area contributed by atoms with Crippen molar-refractivity contribution in [3.63, 3.8) is 0 Å². The lowest BCUT2D eigenvalue weighted by Crippen LogP contribution is -2.11. The molecule has 0 aromatic carbocycles. The zero-order valence-electron chi connectivity index (χ0n) is 7.22. The Balaban J connectivity index is 2.42. The minimum absolute atomic E-state index is 0.390. The van der Waals surface area contributed by atoms with Crippen LogP contribution in [0.1, 0.15) is 33.6 Å². The van der Waals surface area contributed by atoms with Gasteiger partial charge in [-0.1, -0.05) is 27.2 Å². The van der Waals surface area contributed by atoms with E-state index in [1.165, 1.54) is 12.8 Å². The first-order valence-corrected chi connectivity index (χ1v) is 4.26. The zero-order chi connectivity index (χ0) is 7.78. The Morgan fingerprint density at radius 2 is 2.30 bits per heavy atom. The van der Waals surface area contributed by atoms with Crippen LogP contribution in [0.4, 0.5) is 0 Å². The fourth-order valence-electron chi connectivity index (χ4n) is 1.81. The van der Waals surface area contributed by atoms with Gasteiger partial charge in [0.15, 0.2) is 0 Å². The van der Waals surface area contributed by atoms with Crippen molar-refractivity contribution in [1.29, 1.82) is 0 Å². The third kappa shape index (κ3) is 1.07. The fraction of sp³-hybridized carbons (Fsp3) is 1.00. The summed E-state index contributed by atoms with van der Waals surface area (Å²) >= 11 is 0. The smallest absolute Gasteiger partial charge is 0.0464 e. The van der Waals surface area contributed by atoms with E-state index in [4.69, 9.17) is 5.11 Å². The van der Waals surface area contributed by atoms with Crippen LogP contribution in [0.5, 0.6) is 0 Å². The highest BCUT2D eigenvalue weighted by molar-refractivity contribution is 5.00. The van der Waals surface area contributed by atoms with Gasteiger partial charge in [-0.05, 0) is 23.7 Å². The third-order valence-corrected chi connectivity index (χ3v) is 3.42. The SMILES string of the molecule is CCC(C)C1(C)CC1CO. The molecule has 0 saturated heterocycles. The molecule has 1 nitrogen and oxygen atoms in total. The number of rotatable bonds is 3. The van der Waals surface area contributed by atoms with Crippen molar-refractivity contribution < 1.29 is 5.11 Å². The maximum absolute atomic E-state index is 8.89. The van der Waals surface area contributed by atoms with Gasteiger partial charge in [-0.2, -0.15) is 0 Å². The quantitative estimate of drug-likeness (QED) is 0.639. The predicted octanol–water partition coefficient (Wildman–Crippen LogP) is 2.05. The van der Waals surface area contributed by atoms with Crippen LogP contribution in [0.15, 0.2) is 0 Å². The lowest BCUT2D eigenvalue weighted by molar-refractivity contribution is 0.225. The molecular formula is C9H18O. The number of aliphatic hydroxyl groups excluding tert-OH is 1. The van der Waals surface area contributed by atoms with E-state index in [-0.39, 0.29) is 0 Å². The Labute approximate surface area is 63.4 Å². The molecule has 1 N–H and O–H groups in total. The van der Waals surface area contributed by atoms with Crippen molar-refractivity contribution in [1.82, 2.24) is 0 Å². The second kappa shape index (κ2) is 2.54. The molecule has 60 valence electrons. The maximum atomic E-state index is 8.89. The molecule has 3 unspecified atom stereocenters. The van der Waals surface area contributed by atoms with Crippen molar-refractivity contribution in [2.75, 3.05) is 6.61 Å². The normalized spacial score (nSPS) is 41.4. The van der Waals surface area contributed by atoms with Gasteiger partial charge in [0.1, 0.15) is 0 Å². The molecule has 0 aromatic heterocycles. The Bertz CT molecular complexity index is 122. The van der Waals surface area contributed by atoms with Gasteiger partial charge in [-0.25, -0.2) is 0 Å². The van der Waals surface area contributed by atoms with E-state index in [0.29, 0.717) is 17.9 Å². The monoisotopic (exact) mass is 142 g/mol. The highest BCUT2D eigenvalue weighted by atomic mass is 16.3. The van der Waals surface area contributed by atoms with Crippen LogP contribution in [0.2, 0.25) is 0 Å². The molecule has 0 aromatic rings. The van der Waals surface area contributed by atoms with Gasteiger partial charge in [0.05, 0.1) is 0 Å². The summed E-state index contributed by atoms with van der Waals surface area (Å²) in [6, 6.07) is 0. The fourth-order valence-corrected chi connectivity index (χ4v) is 1.81. The van der Waals surface area contributed by atoms with Crippen LogP contribution in [0.3, 0.4) is 0 Å². The molecule has 1 aliphatic rings. The second-order valence-corrected chi connectivity index (χ2v) is 3.90. The first kappa shape index (κ1) is 8.06. The van der Waals surface area contributed by atoms with Crippen molar-refractivity contribution in [2.45, 2.75) is 33.6 Å². The Morgan fingerprint density at radius 3 is 2.60 bits per heavy atom. The van der Waals surface area contributed by atoms with E-state index < -0.39 is 0 Å². The van der Waals surface area contributed by atoms with Crippen molar-refractivity contribution in [3.8, 4) is 0 Å². The molecule has 1 fully saturated rings. The van der Waals surface area contributed by atoms with Crippen LogP contribution in [-0.4, -0.2) is 11.7 Å². The van der Waals surface area contributed by atoms with E-state index in [1.54, 1.807) is 0 Å². The number of hydrogen-bond acceptors (Lipinski definition) is 1. The average molecular weight is 142 g/mol. The summed E-state index contributed by atoms with van der Waals surface area (Å²) in [6.07, 6.45) is 2.48. The first-order valence-electron chi connectivity index (χ1n) is 4.26. The molecule has 0 spiro atoms. The molecule has 0 amide bonds. The van der Waals surface area contributed by atoms with E-state index in [1.807, 2.05) is 0 Å². The van der Waals surface area contributed by atoms with Crippen LogP contribution in [0, 0.1) is 17.3 Å². The van der Waals surface area contributed by atoms with Crippen LogP contribution in [0.25, 0.3) is 0 Å². The zero-order valence-corrected chi connectivity index (χ0v) is 7.22. The minimum atomic E-state index is 0.390. The molecule has 1 aliphatic carbocycles. The van der Waals surface area contributed by atoms with E-state index >= 15 is 0 Å². The van der Waals surface area contributed by atoms with Gasteiger partial charge >= 0.3 is 0 Å². The molecular weight excluding hydrogens is 124 g/mol. The largest absolute Gasteiger partial charge is 0.396 e. The lowest BCUT2D eigenvalue weighted by Gasteiger charge is -2.17. The van der Waals surface area contributed by atoms with Gasteiger partial charge in [0, 0.05) is 6.61 Å². The summed E-state index contributed by atoms with van der Waals surface area (Å²) in [6.45, 7) is 7.20. The van der Waals surface area contributed by atoms with Gasteiger partial charge in [0.2, 0.25) is 0 Å². The molecule has 3 atom stereocenters. The molecule has 10 heavy (non-hydrogen) atoms. The summed E-state index contributed by atoms with van der Waals surface area (Å²) < 4.78 is 0. The van der Waals surface area contributed by atoms with Gasteiger partial charge in [0.25, 0.3) is 0 Å². The van der Waals surface area contributed by atoms with Crippen molar-refractivity contribution in [2.24, 2.45) is 17.3 Å². The van der Waals surface area contributed by atoms with Gasteiger partial charge in [-0.15, -0.1) is 0 Å². The summed E-state index contributed by atoms with van der Waals surface area (Å²) in [4.78, 5) is 0. The van der Waals surface area contributed by atoms with Gasteiger partial charge < -0.3 is 5.11 Å². The summed E-state index contributed by atoms with van der Waals surface area (Å²) in [7, 11) is 0. The average Bonchev–Trinajstić information content (AvgIpc) is 2.61. The molecule has 1 heteroatoms. The standard InChI is InChI=1S/C9H18O/c1-4-7(2)9(3)5-8(9)6-10/h7-8,10H,4-6H2,1-3H3. The van der Waals surface area contributed by atoms with Crippen molar-refractivity contribution in [3.05, 3.63) is 0 Å². The molecule has 1 saturated carbocycles. The highest BCUT2D eigenvalue weighted by Gasteiger charge is 2.51. The molecule has 0 heterocycles. The number of hydrogen-bond donors (Lipinski definition) is 1. The molecule has 1 rings (SSSR count). The molecule has 0 radical (unpaired) electrons. The highest BCUT2D eigenvalue weighted by Crippen LogP contribution is 2.57. The summed E-state index contributed by atoms with van der Waals surface area (Å²) in [5, 5.41) is 8.89. The first-order chi connectivity index (χ1) is 4.65. The predicted molar refractivity (Wildman–Crippen MR) is 42.8 cm³/mol. The van der Waals surface area contributed by atoms with Crippen LogP contribution in [-0.2, 0) is 0 Å². The minimum Gasteiger partial charge on any atom is -0.396 e. The van der Waals surface area contributed by atoms with E-state index in [2.05, 4.69) is 20.8 Å². The second-order valence-electron chi connectivity index (χ2n) is 3.90. The summed E-state index contributed by atoms with van der Waals surface area (Å²) in [5.74, 6) is 1.38. The van der Waals surface area contributed by atoms with E-state index in [0.717, 1.165) is 5.92 Å². The maximum Gasteiger partial charge on any atom is 0.0464 e. The molecule has 0 aliphatic heterocycles. The molecule has 0 bridgehead atoms.